The molecule has 4 nitrogen and oxygen atoms in total. The first kappa shape index (κ1) is 20.0. The van der Waals surface area contributed by atoms with Crippen LogP contribution in [0.3, 0.4) is 0 Å². The zero-order valence-corrected chi connectivity index (χ0v) is 18.5. The molecular formula is C24H37NO3. The van der Waals surface area contributed by atoms with E-state index in [1.165, 1.54) is 18.4 Å². The molecule has 28 heavy (non-hydrogen) atoms. The molecule has 1 aliphatic heterocycles. The van der Waals surface area contributed by atoms with Gasteiger partial charge in [0, 0.05) is 30.5 Å². The topological polar surface area (TPSA) is 46.6 Å². The van der Waals surface area contributed by atoms with Crippen molar-refractivity contribution in [3.05, 3.63) is 11.1 Å². The third-order valence-corrected chi connectivity index (χ3v) is 9.02. The van der Waals surface area contributed by atoms with Crippen LogP contribution < -0.4 is 0 Å². The fourth-order valence-corrected chi connectivity index (χ4v) is 7.76. The fourth-order valence-electron chi connectivity index (χ4n) is 7.76. The highest BCUT2D eigenvalue weighted by molar-refractivity contribution is 5.92. The summed E-state index contributed by atoms with van der Waals surface area (Å²) in [5, 5.41) is 0. The average Bonchev–Trinajstić information content (AvgIpc) is 2.88. The van der Waals surface area contributed by atoms with E-state index in [-0.39, 0.29) is 22.9 Å². The van der Waals surface area contributed by atoms with Gasteiger partial charge in [-0.05, 0) is 82.5 Å². The lowest BCUT2D eigenvalue weighted by Gasteiger charge is -2.61. The molecule has 4 heteroatoms. The van der Waals surface area contributed by atoms with Crippen molar-refractivity contribution in [1.29, 1.82) is 0 Å². The Bertz CT molecular complexity index is 725. The number of hydrogen-bond donors (Lipinski definition) is 0. The van der Waals surface area contributed by atoms with Crippen LogP contribution >= 0.6 is 0 Å². The lowest BCUT2D eigenvalue weighted by Crippen LogP contribution is -2.61. The molecule has 2 saturated carbocycles. The smallest absolute Gasteiger partial charge is 0.334 e. The Morgan fingerprint density at radius 3 is 2.54 bits per heavy atom. The minimum absolute atomic E-state index is 0.0448. The summed E-state index contributed by atoms with van der Waals surface area (Å²) >= 11 is 0. The van der Waals surface area contributed by atoms with Gasteiger partial charge < -0.3 is 9.64 Å². The molecule has 156 valence electrons. The van der Waals surface area contributed by atoms with E-state index in [0.717, 1.165) is 31.3 Å². The van der Waals surface area contributed by atoms with Crippen LogP contribution in [0.2, 0.25) is 0 Å². The minimum Gasteiger partial charge on any atom is -0.460 e. The zero-order valence-electron chi connectivity index (χ0n) is 18.5. The molecule has 0 bridgehead atoms. The second kappa shape index (κ2) is 6.60. The van der Waals surface area contributed by atoms with Crippen LogP contribution in [0.15, 0.2) is 11.1 Å². The number of allylic oxidation sites excluding steroid dienone is 1. The first-order chi connectivity index (χ1) is 13.1. The summed E-state index contributed by atoms with van der Waals surface area (Å²) in [6, 6.07) is 0.389. The molecule has 0 aromatic rings. The van der Waals surface area contributed by atoms with E-state index < -0.39 is 0 Å². The van der Waals surface area contributed by atoms with Gasteiger partial charge in [-0.1, -0.05) is 19.4 Å². The molecule has 0 aromatic heterocycles. The number of rotatable bonds is 2. The van der Waals surface area contributed by atoms with Crippen molar-refractivity contribution in [1.82, 2.24) is 4.90 Å². The molecular weight excluding hydrogens is 350 g/mol. The third kappa shape index (κ3) is 2.69. The quantitative estimate of drug-likeness (QED) is 0.644. The van der Waals surface area contributed by atoms with Gasteiger partial charge in [0.2, 0.25) is 5.91 Å². The van der Waals surface area contributed by atoms with Gasteiger partial charge in [0.05, 0.1) is 6.10 Å². The second-order valence-electron chi connectivity index (χ2n) is 10.8. The molecule has 3 fully saturated rings. The maximum Gasteiger partial charge on any atom is 0.334 e. The highest BCUT2D eigenvalue weighted by Crippen LogP contribution is 2.66. The number of carbonyl (C=O) groups excluding carboxylic acids is 2. The molecule has 0 unspecified atom stereocenters. The van der Waals surface area contributed by atoms with E-state index >= 15 is 0 Å². The van der Waals surface area contributed by atoms with Gasteiger partial charge in [0.25, 0.3) is 0 Å². The van der Waals surface area contributed by atoms with Gasteiger partial charge in [0.15, 0.2) is 0 Å². The Kier molecular flexibility index (Phi) is 4.71. The van der Waals surface area contributed by atoms with Crippen molar-refractivity contribution in [3.8, 4) is 0 Å². The molecule has 6 atom stereocenters. The summed E-state index contributed by atoms with van der Waals surface area (Å²) in [5.74, 6) is 2.09. The highest BCUT2D eigenvalue weighted by atomic mass is 16.5. The predicted octanol–water partition coefficient (Wildman–Crippen LogP) is 4.73. The number of likely N-dealkylation sites (tertiary alicyclic amines) is 1. The zero-order chi connectivity index (χ0) is 20.4. The number of piperidine rings is 1. The molecule has 3 aliphatic carbocycles. The van der Waals surface area contributed by atoms with E-state index in [9.17, 15) is 9.59 Å². The maximum atomic E-state index is 12.9. The Hall–Kier alpha value is -1.32. The van der Waals surface area contributed by atoms with Gasteiger partial charge in [-0.3, -0.25) is 4.79 Å². The van der Waals surface area contributed by atoms with Crippen LogP contribution in [0.4, 0.5) is 0 Å². The number of ether oxygens (including phenoxy) is 1. The standard InChI is InChI=1S/C24H37NO3/c1-14(2)28-22(27)21-15(3)13-18-16-7-8-19-23(4,12-10-20(26)25(19)6)17(16)9-11-24(18,21)5/h14,16-19H,7-13H2,1-6H3/t16-,17+,18+,19-,23-,24+/m1/s1. The van der Waals surface area contributed by atoms with Gasteiger partial charge in [-0.2, -0.15) is 0 Å². The Balaban J connectivity index is 1.62. The minimum atomic E-state index is -0.0844. The number of amides is 1. The molecule has 0 spiro atoms. The van der Waals surface area contributed by atoms with Crippen molar-refractivity contribution >= 4 is 11.9 Å². The summed E-state index contributed by atoms with van der Waals surface area (Å²) in [6.07, 6.45) is 7.21. The molecule has 4 aliphatic rings. The number of carbonyl (C=O) groups is 2. The van der Waals surface area contributed by atoms with Crippen molar-refractivity contribution in [2.45, 2.75) is 91.7 Å². The SMILES string of the molecule is CC1=C(C(=O)OC(C)C)[C@@]2(C)CC[C@H]3[C@@H](CC[C@H]4N(C)C(=O)CC[C@]34C)[C@@H]2C1. The Labute approximate surface area is 170 Å². The van der Waals surface area contributed by atoms with Crippen molar-refractivity contribution in [2.75, 3.05) is 7.05 Å². The summed E-state index contributed by atoms with van der Waals surface area (Å²) in [6.45, 7) is 10.8. The number of esters is 1. The lowest BCUT2D eigenvalue weighted by molar-refractivity contribution is -0.158. The average molecular weight is 388 g/mol. The fraction of sp³-hybridized carbons (Fsp3) is 0.833. The largest absolute Gasteiger partial charge is 0.460 e. The normalized spacial score (nSPS) is 43.0. The van der Waals surface area contributed by atoms with Crippen LogP contribution in [0.25, 0.3) is 0 Å². The van der Waals surface area contributed by atoms with Gasteiger partial charge >= 0.3 is 5.97 Å². The molecule has 4 rings (SSSR count). The summed E-state index contributed by atoms with van der Waals surface area (Å²) < 4.78 is 5.65. The lowest BCUT2D eigenvalue weighted by atomic mass is 9.47. The van der Waals surface area contributed by atoms with Crippen molar-refractivity contribution in [3.63, 3.8) is 0 Å². The van der Waals surface area contributed by atoms with E-state index in [4.69, 9.17) is 4.74 Å². The van der Waals surface area contributed by atoms with E-state index in [1.807, 2.05) is 20.9 Å². The summed E-state index contributed by atoms with van der Waals surface area (Å²) in [5.41, 5.74) is 2.41. The number of hydrogen-bond acceptors (Lipinski definition) is 3. The van der Waals surface area contributed by atoms with Gasteiger partial charge in [-0.15, -0.1) is 0 Å². The van der Waals surface area contributed by atoms with Crippen LogP contribution in [-0.4, -0.2) is 36.0 Å². The first-order valence-electron chi connectivity index (χ1n) is 11.3. The molecule has 0 aromatic carbocycles. The highest BCUT2D eigenvalue weighted by Gasteiger charge is 2.61. The van der Waals surface area contributed by atoms with Crippen LogP contribution in [0.5, 0.6) is 0 Å². The Morgan fingerprint density at radius 1 is 1.14 bits per heavy atom. The molecule has 1 saturated heterocycles. The predicted molar refractivity (Wildman–Crippen MR) is 109 cm³/mol. The van der Waals surface area contributed by atoms with Crippen LogP contribution in [0.1, 0.15) is 79.6 Å². The second-order valence-corrected chi connectivity index (χ2v) is 10.8. The van der Waals surface area contributed by atoms with E-state index in [0.29, 0.717) is 36.1 Å². The number of nitrogens with zero attached hydrogens (tertiary/aromatic N) is 1. The van der Waals surface area contributed by atoms with Crippen molar-refractivity contribution in [2.24, 2.45) is 28.6 Å². The molecule has 1 amide bonds. The van der Waals surface area contributed by atoms with Gasteiger partial charge in [0.1, 0.15) is 0 Å². The summed E-state index contributed by atoms with van der Waals surface area (Å²) in [7, 11) is 2.01. The number of fused-ring (bicyclic) bond motifs is 5. The Morgan fingerprint density at radius 2 is 1.86 bits per heavy atom. The van der Waals surface area contributed by atoms with Crippen LogP contribution in [0, 0.1) is 28.6 Å². The first-order valence-corrected chi connectivity index (χ1v) is 11.3. The molecule has 0 radical (unpaired) electrons. The van der Waals surface area contributed by atoms with Crippen molar-refractivity contribution < 1.29 is 14.3 Å². The molecule has 0 N–H and O–H groups in total. The third-order valence-electron chi connectivity index (χ3n) is 9.02. The van der Waals surface area contributed by atoms with E-state index in [1.54, 1.807) is 0 Å². The molecule has 1 heterocycles. The van der Waals surface area contributed by atoms with E-state index in [2.05, 4.69) is 25.7 Å². The summed E-state index contributed by atoms with van der Waals surface area (Å²) in [4.78, 5) is 27.3. The van der Waals surface area contributed by atoms with Crippen LogP contribution in [-0.2, 0) is 14.3 Å². The maximum absolute atomic E-state index is 12.9. The van der Waals surface area contributed by atoms with Gasteiger partial charge in [-0.25, -0.2) is 4.79 Å². The monoisotopic (exact) mass is 387 g/mol.